The van der Waals surface area contributed by atoms with Crippen LogP contribution in [0.15, 0.2) is 0 Å². The van der Waals surface area contributed by atoms with Crippen LogP contribution >= 0.6 is 22.6 Å². The number of hydrogen-bond donors (Lipinski definition) is 0. The Labute approximate surface area is 123 Å². The molecule has 1 aliphatic heterocycles. The Morgan fingerprint density at radius 3 is 2.33 bits per heavy atom. The van der Waals surface area contributed by atoms with Crippen molar-refractivity contribution in [1.29, 1.82) is 0 Å². The van der Waals surface area contributed by atoms with Gasteiger partial charge in [0.2, 0.25) is 0 Å². The first-order valence-corrected chi connectivity index (χ1v) is 7.77. The molecule has 1 saturated heterocycles. The summed E-state index contributed by atoms with van der Waals surface area (Å²) in [6.07, 6.45) is 0.743. The van der Waals surface area contributed by atoms with E-state index in [1.165, 1.54) is 0 Å². The highest BCUT2D eigenvalue weighted by Crippen LogP contribution is 2.30. The van der Waals surface area contributed by atoms with E-state index < -0.39 is 11.2 Å². The summed E-state index contributed by atoms with van der Waals surface area (Å²) >= 11 is 2.31. The van der Waals surface area contributed by atoms with E-state index in [2.05, 4.69) is 22.6 Å². The van der Waals surface area contributed by atoms with Crippen LogP contribution in [0, 0.1) is 5.41 Å². The molecule has 1 rings (SSSR count). The minimum atomic E-state index is -0.588. The molecule has 5 heteroatoms. The monoisotopic (exact) mass is 370 g/mol. The number of ether oxygens (including phenoxy) is 3. The molecule has 0 unspecified atom stereocenters. The van der Waals surface area contributed by atoms with Crippen LogP contribution in [0.1, 0.15) is 41.0 Å². The van der Waals surface area contributed by atoms with Crippen LogP contribution in [-0.2, 0) is 19.0 Å². The van der Waals surface area contributed by atoms with Crippen molar-refractivity contribution in [3.63, 3.8) is 0 Å². The molecule has 2 atom stereocenters. The lowest BCUT2D eigenvalue weighted by molar-refractivity contribution is -0.165. The fourth-order valence-electron chi connectivity index (χ4n) is 1.78. The number of alkyl halides is 1. The van der Waals surface area contributed by atoms with Crippen LogP contribution in [0.3, 0.4) is 0 Å². The summed E-state index contributed by atoms with van der Waals surface area (Å²) in [5.74, 6) is -0.793. The van der Waals surface area contributed by atoms with E-state index in [1.807, 2.05) is 34.6 Å². The molecule has 106 valence electrons. The van der Waals surface area contributed by atoms with Gasteiger partial charge in [-0.05, 0) is 41.0 Å². The first-order valence-electron chi connectivity index (χ1n) is 6.24. The Kier molecular flexibility index (Phi) is 5.44. The summed E-state index contributed by atoms with van der Waals surface area (Å²) in [6, 6.07) is 0. The second-order valence-corrected chi connectivity index (χ2v) is 7.12. The number of halogens is 1. The Morgan fingerprint density at radius 2 is 1.83 bits per heavy atom. The summed E-state index contributed by atoms with van der Waals surface area (Å²) in [4.78, 5) is 11.7. The highest BCUT2D eigenvalue weighted by Gasteiger charge is 2.41. The van der Waals surface area contributed by atoms with Gasteiger partial charge in [0, 0.05) is 4.43 Å². The summed E-state index contributed by atoms with van der Waals surface area (Å²) in [7, 11) is 0. The maximum absolute atomic E-state index is 11.7. The van der Waals surface area contributed by atoms with Crippen LogP contribution in [0.4, 0.5) is 0 Å². The summed E-state index contributed by atoms with van der Waals surface area (Å²) < 4.78 is 17.9. The molecule has 0 bridgehead atoms. The number of hydrogen-bond acceptors (Lipinski definition) is 4. The third kappa shape index (κ3) is 4.66. The van der Waals surface area contributed by atoms with E-state index in [4.69, 9.17) is 14.2 Å². The minimum absolute atomic E-state index is 0.00432. The summed E-state index contributed by atoms with van der Waals surface area (Å²) in [5.41, 5.74) is -0.478. The molecule has 0 aliphatic carbocycles. The van der Waals surface area contributed by atoms with Crippen molar-refractivity contribution in [2.75, 3.05) is 11.0 Å². The fourth-order valence-corrected chi connectivity index (χ4v) is 2.39. The normalized spacial score (nSPS) is 27.2. The Bertz CT molecular complexity index is 296. The predicted molar refractivity (Wildman–Crippen MR) is 77.7 cm³/mol. The van der Waals surface area contributed by atoms with Gasteiger partial charge in [-0.2, -0.15) is 0 Å². The first kappa shape index (κ1) is 16.2. The predicted octanol–water partition coefficient (Wildman–Crippen LogP) is 2.92. The number of carbonyl (C=O) groups is 1. The van der Waals surface area contributed by atoms with E-state index >= 15 is 0 Å². The third-order valence-electron chi connectivity index (χ3n) is 2.67. The molecule has 0 aromatic carbocycles. The molecule has 1 heterocycles. The van der Waals surface area contributed by atoms with Crippen LogP contribution in [0.5, 0.6) is 0 Å². The van der Waals surface area contributed by atoms with Gasteiger partial charge in [0.05, 0.1) is 11.5 Å². The van der Waals surface area contributed by atoms with Crippen LogP contribution in [0.2, 0.25) is 0 Å². The Hall–Kier alpha value is 0.120. The van der Waals surface area contributed by atoms with Crippen molar-refractivity contribution in [2.24, 2.45) is 5.41 Å². The van der Waals surface area contributed by atoms with Crippen molar-refractivity contribution < 1.29 is 19.0 Å². The van der Waals surface area contributed by atoms with E-state index in [9.17, 15) is 4.79 Å². The molecule has 0 saturated carbocycles. The van der Waals surface area contributed by atoms with Crippen molar-refractivity contribution in [3.8, 4) is 0 Å². The van der Waals surface area contributed by atoms with Gasteiger partial charge in [-0.15, -0.1) is 0 Å². The topological polar surface area (TPSA) is 44.8 Å². The average Bonchev–Trinajstić information content (AvgIpc) is 2.49. The van der Waals surface area contributed by atoms with Crippen molar-refractivity contribution >= 4 is 28.6 Å². The molecular weight excluding hydrogens is 347 g/mol. The Balaban J connectivity index is 2.52. The zero-order valence-electron chi connectivity index (χ0n) is 11.8. The van der Waals surface area contributed by atoms with Gasteiger partial charge in [0.1, 0.15) is 12.7 Å². The van der Waals surface area contributed by atoms with Crippen LogP contribution in [-0.4, -0.2) is 35.0 Å². The van der Waals surface area contributed by atoms with Crippen molar-refractivity contribution in [2.45, 2.75) is 59.0 Å². The maximum Gasteiger partial charge on any atom is 0.311 e. The van der Waals surface area contributed by atoms with Gasteiger partial charge in [0.15, 0.2) is 5.79 Å². The molecule has 18 heavy (non-hydrogen) atoms. The molecule has 0 spiro atoms. The van der Waals surface area contributed by atoms with E-state index in [-0.39, 0.29) is 24.8 Å². The summed E-state index contributed by atoms with van der Waals surface area (Å²) in [5, 5.41) is 0. The smallest absolute Gasteiger partial charge is 0.311 e. The fraction of sp³-hybridized carbons (Fsp3) is 0.923. The first-order chi connectivity index (χ1) is 8.15. The standard InChI is InChI=1S/C13H23IO4/c1-12(2,3)11(15)16-8-10-9(6-7-14)17-13(4,5)18-10/h9-10H,6-8H2,1-5H3/t9-,10+/m0/s1. The zero-order valence-corrected chi connectivity index (χ0v) is 13.9. The lowest BCUT2D eigenvalue weighted by Gasteiger charge is -2.20. The van der Waals surface area contributed by atoms with Crippen molar-refractivity contribution in [1.82, 2.24) is 0 Å². The van der Waals surface area contributed by atoms with E-state index in [0.717, 1.165) is 10.8 Å². The lowest BCUT2D eigenvalue weighted by atomic mass is 9.97. The van der Waals surface area contributed by atoms with Crippen LogP contribution in [0.25, 0.3) is 0 Å². The zero-order chi connectivity index (χ0) is 14.0. The molecule has 0 amide bonds. The van der Waals surface area contributed by atoms with E-state index in [1.54, 1.807) is 0 Å². The van der Waals surface area contributed by atoms with Gasteiger partial charge in [0.25, 0.3) is 0 Å². The lowest BCUT2D eigenvalue weighted by Crippen LogP contribution is -2.32. The van der Waals surface area contributed by atoms with Gasteiger partial charge in [-0.25, -0.2) is 0 Å². The highest BCUT2D eigenvalue weighted by molar-refractivity contribution is 14.1. The second kappa shape index (κ2) is 6.05. The molecule has 0 radical (unpaired) electrons. The van der Waals surface area contributed by atoms with E-state index in [0.29, 0.717) is 0 Å². The van der Waals surface area contributed by atoms with Gasteiger partial charge >= 0.3 is 5.97 Å². The minimum Gasteiger partial charge on any atom is -0.462 e. The van der Waals surface area contributed by atoms with Crippen LogP contribution < -0.4 is 0 Å². The third-order valence-corrected chi connectivity index (χ3v) is 3.29. The highest BCUT2D eigenvalue weighted by atomic mass is 127. The molecule has 0 N–H and O–H groups in total. The molecule has 0 aromatic heterocycles. The Morgan fingerprint density at radius 1 is 1.28 bits per heavy atom. The molecule has 1 fully saturated rings. The number of esters is 1. The molecule has 4 nitrogen and oxygen atoms in total. The maximum atomic E-state index is 11.7. The van der Waals surface area contributed by atoms with Gasteiger partial charge in [-0.1, -0.05) is 22.6 Å². The number of rotatable bonds is 4. The quantitative estimate of drug-likeness (QED) is 0.434. The average molecular weight is 370 g/mol. The number of carbonyl (C=O) groups excluding carboxylic acids is 1. The molecule has 0 aromatic rings. The molecular formula is C13H23IO4. The SMILES string of the molecule is CC1(C)O[C@@H](CCI)[C@@H](COC(=O)C(C)(C)C)O1. The second-order valence-electron chi connectivity index (χ2n) is 6.04. The van der Waals surface area contributed by atoms with Gasteiger partial charge in [-0.3, -0.25) is 4.79 Å². The van der Waals surface area contributed by atoms with Gasteiger partial charge < -0.3 is 14.2 Å². The molecule has 1 aliphatic rings. The largest absolute Gasteiger partial charge is 0.462 e. The summed E-state index contributed by atoms with van der Waals surface area (Å²) in [6.45, 7) is 9.56. The van der Waals surface area contributed by atoms with Crippen molar-refractivity contribution in [3.05, 3.63) is 0 Å².